The molecule has 0 aliphatic carbocycles. The first-order chi connectivity index (χ1) is 18.7. The van der Waals surface area contributed by atoms with Crippen molar-refractivity contribution >= 4 is 41.4 Å². The predicted molar refractivity (Wildman–Crippen MR) is 153 cm³/mol. The summed E-state index contributed by atoms with van der Waals surface area (Å²) < 4.78 is 11.0. The summed E-state index contributed by atoms with van der Waals surface area (Å²) in [5, 5.41) is 15.4. The van der Waals surface area contributed by atoms with Gasteiger partial charge in [0, 0.05) is 50.2 Å². The van der Waals surface area contributed by atoms with Crippen LogP contribution in [0.1, 0.15) is 30.8 Å². The lowest BCUT2D eigenvalue weighted by atomic mass is 10.2. The van der Waals surface area contributed by atoms with E-state index in [2.05, 4.69) is 44.0 Å². The molecule has 0 saturated carbocycles. The van der Waals surface area contributed by atoms with E-state index >= 15 is 0 Å². The van der Waals surface area contributed by atoms with Crippen molar-refractivity contribution in [2.75, 3.05) is 55.0 Å². The maximum atomic E-state index is 11.9. The molecule has 210 valence electrons. The highest BCUT2D eigenvalue weighted by Gasteiger charge is 2.40. The molecular formula is C27H36N6O5S. The Morgan fingerprint density at radius 3 is 2.85 bits per heavy atom. The van der Waals surface area contributed by atoms with Gasteiger partial charge in [-0.2, -0.15) is 0 Å². The first-order valence-electron chi connectivity index (χ1n) is 12.9. The summed E-state index contributed by atoms with van der Waals surface area (Å²) in [6.07, 6.45) is 4.97. The smallest absolute Gasteiger partial charge is 0.270 e. The maximum absolute atomic E-state index is 11.9. The first kappa shape index (κ1) is 28.7. The van der Waals surface area contributed by atoms with Gasteiger partial charge in [0.1, 0.15) is 23.9 Å². The highest BCUT2D eigenvalue weighted by molar-refractivity contribution is 8.07. The number of pyridine rings is 2. The normalized spacial score (nSPS) is 20.8. The number of carbonyl (C=O) groups is 2. The lowest BCUT2D eigenvalue weighted by molar-refractivity contribution is -0.174. The van der Waals surface area contributed by atoms with E-state index in [1.165, 1.54) is 0 Å². The SMILES string of the molecule is C=CCNC(=O)c1ccc2c(n1)N(C)C1CCN2C1.CC(C)(O)OCC1SC1COc1ccnc(NC=O)c1. The van der Waals surface area contributed by atoms with E-state index in [1.807, 2.05) is 6.07 Å². The number of likely N-dealkylation sites (N-methyl/N-ethyl adjacent to an activating group) is 1. The zero-order valence-corrected chi connectivity index (χ0v) is 23.3. The summed E-state index contributed by atoms with van der Waals surface area (Å²) in [5.41, 5.74) is 1.60. The number of anilines is 3. The van der Waals surface area contributed by atoms with Crippen LogP contribution in [0.2, 0.25) is 0 Å². The minimum Gasteiger partial charge on any atom is -0.492 e. The Hall–Kier alpha value is -3.35. The van der Waals surface area contributed by atoms with Gasteiger partial charge in [0.05, 0.1) is 17.5 Å². The molecule has 3 N–H and O–H groups in total. The van der Waals surface area contributed by atoms with Crippen molar-refractivity contribution in [3.05, 3.63) is 48.8 Å². The Morgan fingerprint density at radius 2 is 2.10 bits per heavy atom. The molecule has 0 radical (unpaired) electrons. The molecule has 5 heterocycles. The molecule has 2 aromatic rings. The minimum absolute atomic E-state index is 0.149. The Kier molecular flexibility index (Phi) is 9.31. The number of ether oxygens (including phenoxy) is 2. The molecule has 2 saturated heterocycles. The molecular weight excluding hydrogens is 520 g/mol. The van der Waals surface area contributed by atoms with Crippen LogP contribution in [0, 0.1) is 0 Å². The number of aromatic nitrogens is 2. The number of hydrogen-bond donors (Lipinski definition) is 3. The van der Waals surface area contributed by atoms with Crippen molar-refractivity contribution in [2.24, 2.45) is 0 Å². The van der Waals surface area contributed by atoms with Crippen LogP contribution >= 0.6 is 11.8 Å². The van der Waals surface area contributed by atoms with Gasteiger partial charge >= 0.3 is 0 Å². The van der Waals surface area contributed by atoms with Crippen LogP contribution in [0.5, 0.6) is 5.75 Å². The summed E-state index contributed by atoms with van der Waals surface area (Å²) >= 11 is 1.76. The fourth-order valence-corrected chi connectivity index (χ4v) is 5.16. The number of nitrogens with zero attached hydrogens (tertiary/aromatic N) is 4. The average Bonchev–Trinajstić information content (AvgIpc) is 3.54. The van der Waals surface area contributed by atoms with Crippen molar-refractivity contribution < 1.29 is 24.2 Å². The molecule has 2 amide bonds. The van der Waals surface area contributed by atoms with Crippen molar-refractivity contribution in [3.8, 4) is 5.75 Å². The van der Waals surface area contributed by atoms with E-state index in [-0.39, 0.29) is 5.91 Å². The Morgan fingerprint density at radius 1 is 1.31 bits per heavy atom. The fraction of sp³-hybridized carbons (Fsp3) is 0.481. The van der Waals surface area contributed by atoms with Gasteiger partial charge in [0.2, 0.25) is 6.41 Å². The average molecular weight is 557 g/mol. The van der Waals surface area contributed by atoms with Crippen molar-refractivity contribution in [1.82, 2.24) is 15.3 Å². The summed E-state index contributed by atoms with van der Waals surface area (Å²) in [4.78, 5) is 35.3. The summed E-state index contributed by atoms with van der Waals surface area (Å²) in [6, 6.07) is 7.73. The fourth-order valence-electron chi connectivity index (χ4n) is 4.36. The third kappa shape index (κ3) is 7.84. The third-order valence-corrected chi connectivity index (χ3v) is 7.84. The van der Waals surface area contributed by atoms with E-state index < -0.39 is 5.79 Å². The van der Waals surface area contributed by atoms with Crippen LogP contribution in [0.3, 0.4) is 0 Å². The van der Waals surface area contributed by atoms with Gasteiger partial charge in [0.15, 0.2) is 11.6 Å². The van der Waals surface area contributed by atoms with Crippen LogP contribution in [0.4, 0.5) is 17.3 Å². The van der Waals surface area contributed by atoms with Crippen LogP contribution in [-0.2, 0) is 9.53 Å². The number of amides is 2. The van der Waals surface area contributed by atoms with Crippen LogP contribution in [-0.4, -0.2) is 89.6 Å². The van der Waals surface area contributed by atoms with Crippen LogP contribution < -0.4 is 25.2 Å². The second-order valence-corrected chi connectivity index (χ2v) is 11.4. The molecule has 3 atom stereocenters. The maximum Gasteiger partial charge on any atom is 0.270 e. The summed E-state index contributed by atoms with van der Waals surface area (Å²) in [6.45, 7) is 10.5. The number of fused-ring (bicyclic) bond motifs is 4. The molecule has 3 aliphatic heterocycles. The van der Waals surface area contributed by atoms with Crippen molar-refractivity contribution in [2.45, 2.75) is 42.6 Å². The lowest BCUT2D eigenvalue weighted by Crippen LogP contribution is -2.40. The first-order valence-corrected chi connectivity index (χ1v) is 13.8. The van der Waals surface area contributed by atoms with Crippen molar-refractivity contribution in [1.29, 1.82) is 0 Å². The number of thioether (sulfide) groups is 1. The van der Waals surface area contributed by atoms with Gasteiger partial charge in [0.25, 0.3) is 5.91 Å². The summed E-state index contributed by atoms with van der Waals surface area (Å²) in [5.74, 6) is 0.806. The quantitative estimate of drug-likeness (QED) is 0.164. The van der Waals surface area contributed by atoms with E-state index in [1.54, 1.807) is 56.1 Å². The van der Waals surface area contributed by atoms with Crippen LogP contribution in [0.25, 0.3) is 0 Å². The zero-order valence-electron chi connectivity index (χ0n) is 22.5. The van der Waals surface area contributed by atoms with Gasteiger partial charge in [-0.3, -0.25) is 9.59 Å². The molecule has 2 fully saturated rings. The van der Waals surface area contributed by atoms with E-state index in [9.17, 15) is 14.7 Å². The third-order valence-electron chi connectivity index (χ3n) is 6.52. The molecule has 2 aromatic heterocycles. The highest BCUT2D eigenvalue weighted by atomic mass is 32.2. The molecule has 0 aromatic carbocycles. The van der Waals surface area contributed by atoms with Crippen LogP contribution in [0.15, 0.2) is 43.1 Å². The molecule has 0 spiro atoms. The molecule has 3 aliphatic rings. The standard InChI is InChI=1S/C14H18N4O.C13H18N2O4S/c1-3-7-15-14(19)11-4-5-12-13(16-11)17(2)10-6-8-18(12)9-10;1-13(2,17)19-7-11-10(20-11)6-18-9-3-4-14-12(5-9)15-8-16/h3-5,10H,1,6-9H2,2H3,(H,15,19);3-5,8,10-11,17H,6-7H2,1-2H3,(H,14,15,16). The molecule has 12 heteroatoms. The van der Waals surface area contributed by atoms with Gasteiger partial charge in [-0.25, -0.2) is 9.97 Å². The van der Waals surface area contributed by atoms with E-state index in [4.69, 9.17) is 9.47 Å². The molecule has 39 heavy (non-hydrogen) atoms. The van der Waals surface area contributed by atoms with Gasteiger partial charge in [-0.1, -0.05) is 6.08 Å². The molecule has 5 rings (SSSR count). The second kappa shape index (κ2) is 12.7. The van der Waals surface area contributed by atoms with E-state index in [0.29, 0.717) is 60.0 Å². The largest absolute Gasteiger partial charge is 0.492 e. The summed E-state index contributed by atoms with van der Waals surface area (Å²) in [7, 11) is 2.06. The zero-order chi connectivity index (χ0) is 28.0. The topological polar surface area (TPSA) is 129 Å². The number of nitrogens with one attached hydrogen (secondary N) is 2. The number of rotatable bonds is 11. The Balaban J connectivity index is 0.000000181. The molecule has 11 nitrogen and oxygen atoms in total. The van der Waals surface area contributed by atoms with E-state index in [0.717, 1.165) is 31.0 Å². The van der Waals surface area contributed by atoms with Crippen molar-refractivity contribution in [3.63, 3.8) is 0 Å². The minimum atomic E-state index is -1.09. The molecule has 3 unspecified atom stereocenters. The molecule has 2 bridgehead atoms. The number of carbonyl (C=O) groups excluding carboxylic acids is 2. The Labute approximate surface area is 233 Å². The predicted octanol–water partition coefficient (Wildman–Crippen LogP) is 2.28. The second-order valence-electron chi connectivity index (χ2n) is 9.96. The monoisotopic (exact) mass is 556 g/mol. The Bertz CT molecular complexity index is 1180. The lowest BCUT2D eigenvalue weighted by Gasteiger charge is -2.34. The number of hydrogen-bond acceptors (Lipinski definition) is 10. The number of aliphatic hydroxyl groups is 1. The van der Waals surface area contributed by atoms with Gasteiger partial charge in [-0.05, 0) is 38.5 Å². The van der Waals surface area contributed by atoms with Gasteiger partial charge in [-0.15, -0.1) is 18.3 Å². The highest BCUT2D eigenvalue weighted by Crippen LogP contribution is 2.42. The van der Waals surface area contributed by atoms with Gasteiger partial charge < -0.3 is 35.0 Å².